The van der Waals surface area contributed by atoms with Crippen LogP contribution in [-0.4, -0.2) is 55.9 Å². The van der Waals surface area contributed by atoms with E-state index in [0.717, 1.165) is 18.4 Å². The monoisotopic (exact) mass is 494 g/mol. The molecular weight excluding hydrogens is 460 g/mol. The van der Waals surface area contributed by atoms with E-state index in [0.29, 0.717) is 41.4 Å². The quantitative estimate of drug-likeness (QED) is 0.589. The molecule has 2 aromatic rings. The first-order valence-corrected chi connectivity index (χ1v) is 11.9. The third-order valence-corrected chi connectivity index (χ3v) is 5.73. The van der Waals surface area contributed by atoms with Crippen molar-refractivity contribution < 1.29 is 23.8 Å². The lowest BCUT2D eigenvalue weighted by Crippen LogP contribution is -2.47. The van der Waals surface area contributed by atoms with E-state index >= 15 is 0 Å². The minimum Gasteiger partial charge on any atom is -0.493 e. The maximum atomic E-state index is 13.2. The van der Waals surface area contributed by atoms with Gasteiger partial charge < -0.3 is 29.7 Å². The van der Waals surface area contributed by atoms with Crippen LogP contribution in [0.1, 0.15) is 55.1 Å². The second-order valence-electron chi connectivity index (χ2n) is 9.65. The van der Waals surface area contributed by atoms with Gasteiger partial charge in [-0.1, -0.05) is 6.07 Å². The number of nitrogens with zero attached hydrogens (tertiary/aromatic N) is 2. The first-order valence-electron chi connectivity index (χ1n) is 11.9. The van der Waals surface area contributed by atoms with Gasteiger partial charge in [0, 0.05) is 31.4 Å². The number of nitrogens with one attached hydrogen (secondary N) is 2. The minimum absolute atomic E-state index is 0.0587. The Morgan fingerprint density at radius 1 is 1.11 bits per heavy atom. The van der Waals surface area contributed by atoms with Crippen molar-refractivity contribution in [1.82, 2.24) is 10.2 Å². The molecule has 2 N–H and O–H groups in total. The van der Waals surface area contributed by atoms with Gasteiger partial charge in [-0.05, 0) is 69.5 Å². The van der Waals surface area contributed by atoms with Crippen LogP contribution < -0.4 is 20.1 Å². The fraction of sp³-hybridized carbons (Fsp3) is 0.444. The van der Waals surface area contributed by atoms with Gasteiger partial charge in [-0.2, -0.15) is 5.26 Å². The van der Waals surface area contributed by atoms with Crippen LogP contribution in [0.4, 0.5) is 10.5 Å². The maximum absolute atomic E-state index is 13.2. The zero-order valence-electron chi connectivity index (χ0n) is 21.5. The van der Waals surface area contributed by atoms with Crippen molar-refractivity contribution in [3.8, 4) is 17.6 Å². The number of carbonyl (C=O) groups is 2. The van der Waals surface area contributed by atoms with Gasteiger partial charge in [0.25, 0.3) is 5.91 Å². The predicted molar refractivity (Wildman–Crippen MR) is 136 cm³/mol. The number of likely N-dealkylation sites (tertiary alicyclic amines) is 1. The predicted octanol–water partition coefficient (Wildman–Crippen LogP) is 4.32. The van der Waals surface area contributed by atoms with E-state index in [1.165, 1.54) is 0 Å². The van der Waals surface area contributed by atoms with Crippen LogP contribution in [0.25, 0.3) is 0 Å². The first kappa shape index (κ1) is 26.7. The third-order valence-electron chi connectivity index (χ3n) is 5.73. The summed E-state index contributed by atoms with van der Waals surface area (Å²) in [5, 5.41) is 15.7. The molecular formula is C27H34N4O5. The van der Waals surface area contributed by atoms with Gasteiger partial charge in [0.15, 0.2) is 11.5 Å². The summed E-state index contributed by atoms with van der Waals surface area (Å²) >= 11 is 0. The summed E-state index contributed by atoms with van der Waals surface area (Å²) in [5.41, 5.74) is 1.63. The smallest absolute Gasteiger partial charge is 0.410 e. The number of piperidine rings is 1. The second kappa shape index (κ2) is 11.7. The Morgan fingerprint density at radius 2 is 1.86 bits per heavy atom. The van der Waals surface area contributed by atoms with E-state index < -0.39 is 5.60 Å². The number of methoxy groups -OCH3 is 2. The largest absolute Gasteiger partial charge is 0.493 e. The highest BCUT2D eigenvalue weighted by Crippen LogP contribution is 2.28. The average Bonchev–Trinajstić information content (AvgIpc) is 2.86. The standard InChI is InChI=1S/C27H34N4O5/c1-27(2,3)36-26(33)31-12-6-7-20(17-31)30-22-10-8-18(15-28)13-21(22)25(32)29-16-19-9-11-23(34-4)24(14-19)35-5/h8-11,13-14,20,30H,6-7,12,16-17H2,1-5H3,(H,29,32). The van der Waals surface area contributed by atoms with E-state index in [4.69, 9.17) is 14.2 Å². The lowest BCUT2D eigenvalue weighted by molar-refractivity contribution is 0.0206. The average molecular weight is 495 g/mol. The van der Waals surface area contributed by atoms with Crippen LogP contribution in [0, 0.1) is 11.3 Å². The summed E-state index contributed by atoms with van der Waals surface area (Å²) in [6.07, 6.45) is 1.31. The normalized spacial score (nSPS) is 15.4. The zero-order valence-corrected chi connectivity index (χ0v) is 21.5. The van der Waals surface area contributed by atoms with Crippen LogP contribution in [0.2, 0.25) is 0 Å². The Kier molecular flexibility index (Phi) is 8.64. The molecule has 0 spiro atoms. The minimum atomic E-state index is -0.566. The summed E-state index contributed by atoms with van der Waals surface area (Å²) in [6.45, 7) is 6.88. The van der Waals surface area contributed by atoms with Crippen molar-refractivity contribution in [1.29, 1.82) is 5.26 Å². The first-order chi connectivity index (χ1) is 17.1. The number of anilines is 1. The number of nitriles is 1. The number of benzene rings is 2. The van der Waals surface area contributed by atoms with Crippen LogP contribution in [0.5, 0.6) is 11.5 Å². The topological polar surface area (TPSA) is 113 Å². The summed E-state index contributed by atoms with van der Waals surface area (Å²) in [4.78, 5) is 27.4. The molecule has 9 nitrogen and oxygen atoms in total. The number of carbonyl (C=O) groups excluding carboxylic acids is 2. The molecule has 9 heteroatoms. The molecule has 0 radical (unpaired) electrons. The molecule has 0 aliphatic carbocycles. The van der Waals surface area contributed by atoms with Crippen molar-refractivity contribution in [2.45, 2.75) is 51.8 Å². The van der Waals surface area contributed by atoms with Crippen LogP contribution in [0.15, 0.2) is 36.4 Å². The molecule has 192 valence electrons. The van der Waals surface area contributed by atoms with Gasteiger partial charge in [0.2, 0.25) is 0 Å². The molecule has 3 rings (SSSR count). The van der Waals surface area contributed by atoms with Crippen molar-refractivity contribution >= 4 is 17.7 Å². The number of hydrogen-bond donors (Lipinski definition) is 2. The van der Waals surface area contributed by atoms with Gasteiger partial charge in [-0.15, -0.1) is 0 Å². The summed E-state index contributed by atoms with van der Waals surface area (Å²) in [7, 11) is 3.12. The Morgan fingerprint density at radius 3 is 2.53 bits per heavy atom. The molecule has 0 bridgehead atoms. The fourth-order valence-electron chi connectivity index (χ4n) is 4.00. The molecule has 1 fully saturated rings. The fourth-order valence-corrected chi connectivity index (χ4v) is 4.00. The number of ether oxygens (including phenoxy) is 3. The Hall–Kier alpha value is -3.93. The molecule has 1 atom stereocenters. The molecule has 36 heavy (non-hydrogen) atoms. The molecule has 1 saturated heterocycles. The van der Waals surface area contributed by atoms with Crippen molar-refractivity contribution in [2.75, 3.05) is 32.6 Å². The zero-order chi connectivity index (χ0) is 26.3. The van der Waals surface area contributed by atoms with Gasteiger partial charge in [0.1, 0.15) is 5.60 Å². The van der Waals surface area contributed by atoms with E-state index in [-0.39, 0.29) is 24.6 Å². The lowest BCUT2D eigenvalue weighted by Gasteiger charge is -2.35. The van der Waals surface area contributed by atoms with Gasteiger partial charge in [0.05, 0.1) is 31.4 Å². The molecule has 0 saturated carbocycles. The highest BCUT2D eigenvalue weighted by molar-refractivity contribution is 6.00. The van der Waals surface area contributed by atoms with Gasteiger partial charge in [-0.3, -0.25) is 4.79 Å². The van der Waals surface area contributed by atoms with Crippen LogP contribution in [-0.2, 0) is 11.3 Å². The lowest BCUT2D eigenvalue weighted by atomic mass is 10.0. The number of hydrogen-bond acceptors (Lipinski definition) is 7. The molecule has 1 aliphatic heterocycles. The van der Waals surface area contributed by atoms with E-state index in [1.54, 1.807) is 49.5 Å². The molecule has 1 aliphatic rings. The Balaban J connectivity index is 1.72. The number of amides is 2. The summed E-state index contributed by atoms with van der Waals surface area (Å²) in [6, 6.07) is 12.4. The van der Waals surface area contributed by atoms with Crippen molar-refractivity contribution in [2.24, 2.45) is 0 Å². The Bertz CT molecular complexity index is 1140. The highest BCUT2D eigenvalue weighted by atomic mass is 16.6. The van der Waals surface area contributed by atoms with Crippen molar-refractivity contribution in [3.63, 3.8) is 0 Å². The van der Waals surface area contributed by atoms with Crippen LogP contribution in [0.3, 0.4) is 0 Å². The van der Waals surface area contributed by atoms with Crippen molar-refractivity contribution in [3.05, 3.63) is 53.1 Å². The maximum Gasteiger partial charge on any atom is 0.410 e. The molecule has 2 aromatic carbocycles. The van der Waals surface area contributed by atoms with Gasteiger partial charge in [-0.25, -0.2) is 4.79 Å². The summed E-state index contributed by atoms with van der Waals surface area (Å²) < 4.78 is 16.1. The van der Waals surface area contributed by atoms with E-state index in [2.05, 4.69) is 16.7 Å². The SMILES string of the molecule is COc1ccc(CNC(=O)c2cc(C#N)ccc2NC2CCCN(C(=O)OC(C)(C)C)C2)cc1OC. The molecule has 0 aromatic heterocycles. The van der Waals surface area contributed by atoms with E-state index in [9.17, 15) is 14.9 Å². The summed E-state index contributed by atoms with van der Waals surface area (Å²) in [5.74, 6) is 0.864. The third kappa shape index (κ3) is 7.04. The number of rotatable bonds is 7. The Labute approximate surface area is 212 Å². The van der Waals surface area contributed by atoms with E-state index in [1.807, 2.05) is 26.8 Å². The second-order valence-corrected chi connectivity index (χ2v) is 9.65. The molecule has 2 amide bonds. The van der Waals surface area contributed by atoms with Crippen LogP contribution >= 0.6 is 0 Å². The van der Waals surface area contributed by atoms with Gasteiger partial charge >= 0.3 is 6.09 Å². The highest BCUT2D eigenvalue weighted by Gasteiger charge is 2.28. The molecule has 1 heterocycles. The molecule has 1 unspecified atom stereocenters.